The molecule has 36 heavy (non-hydrogen) atoms. The van der Waals surface area contributed by atoms with E-state index in [2.05, 4.69) is 64.1 Å². The number of ether oxygens (including phenoxy) is 2. The van der Waals surface area contributed by atoms with Crippen molar-refractivity contribution in [3.8, 4) is 5.75 Å². The van der Waals surface area contributed by atoms with E-state index in [0.29, 0.717) is 41.8 Å². The van der Waals surface area contributed by atoms with Crippen LogP contribution < -0.4 is 4.74 Å². The molecule has 0 spiro atoms. The quantitative estimate of drug-likeness (QED) is 0.367. The van der Waals surface area contributed by atoms with E-state index in [4.69, 9.17) is 9.47 Å². The maximum atomic E-state index is 12.2. The number of hydrogen-bond donors (Lipinski definition) is 0. The predicted molar refractivity (Wildman–Crippen MR) is 147 cm³/mol. The Morgan fingerprint density at radius 2 is 1.67 bits per heavy atom. The fourth-order valence-electron chi connectivity index (χ4n) is 7.39. The molecule has 3 aliphatic carbocycles. The molecule has 2 aromatic rings. The highest BCUT2D eigenvalue weighted by molar-refractivity contribution is 5.84. The van der Waals surface area contributed by atoms with Crippen LogP contribution in [0.15, 0.2) is 36.4 Å². The first-order valence-corrected chi connectivity index (χ1v) is 14.6. The van der Waals surface area contributed by atoms with Gasteiger partial charge in [-0.15, -0.1) is 0 Å². The Bertz CT molecular complexity index is 1060. The van der Waals surface area contributed by atoms with E-state index in [1.807, 2.05) is 6.92 Å². The zero-order valence-corrected chi connectivity index (χ0v) is 23.1. The highest BCUT2D eigenvalue weighted by Crippen LogP contribution is 2.58. The molecule has 5 atom stereocenters. The van der Waals surface area contributed by atoms with Crippen molar-refractivity contribution in [3.05, 3.63) is 42.0 Å². The summed E-state index contributed by atoms with van der Waals surface area (Å²) in [6.45, 7) is 11.9. The largest absolute Gasteiger partial charge is 0.490 e. The summed E-state index contributed by atoms with van der Waals surface area (Å²) in [6.07, 6.45) is 9.99. The first-order valence-electron chi connectivity index (χ1n) is 14.6. The average Bonchev–Trinajstić information content (AvgIpc) is 3.58. The van der Waals surface area contributed by atoms with Crippen molar-refractivity contribution in [2.24, 2.45) is 40.9 Å². The van der Waals surface area contributed by atoms with Gasteiger partial charge in [0.15, 0.2) is 0 Å². The lowest BCUT2D eigenvalue weighted by Gasteiger charge is -2.37. The fraction of sp³-hybridized carbons (Fsp3) is 0.667. The van der Waals surface area contributed by atoms with Crippen molar-refractivity contribution >= 4 is 16.7 Å². The fourth-order valence-corrected chi connectivity index (χ4v) is 7.39. The van der Waals surface area contributed by atoms with Crippen LogP contribution in [0.1, 0.15) is 85.1 Å². The second-order valence-electron chi connectivity index (χ2n) is 13.2. The zero-order valence-electron chi connectivity index (χ0n) is 23.1. The van der Waals surface area contributed by atoms with Gasteiger partial charge in [0.05, 0.1) is 18.6 Å². The molecule has 3 nitrogen and oxygen atoms in total. The zero-order chi connectivity index (χ0) is 25.4. The Morgan fingerprint density at radius 1 is 0.944 bits per heavy atom. The van der Waals surface area contributed by atoms with Crippen LogP contribution in [0, 0.1) is 40.9 Å². The van der Waals surface area contributed by atoms with Gasteiger partial charge in [0.25, 0.3) is 0 Å². The lowest BCUT2D eigenvalue weighted by molar-refractivity contribution is -0.145. The van der Waals surface area contributed by atoms with Gasteiger partial charge in [0.2, 0.25) is 0 Å². The second-order valence-corrected chi connectivity index (χ2v) is 13.2. The summed E-state index contributed by atoms with van der Waals surface area (Å²) in [6, 6.07) is 13.6. The number of rotatable bonds is 7. The van der Waals surface area contributed by atoms with E-state index < -0.39 is 0 Å². The summed E-state index contributed by atoms with van der Waals surface area (Å²) in [5, 5.41) is 2.57. The molecule has 3 fully saturated rings. The topological polar surface area (TPSA) is 35.5 Å². The lowest BCUT2D eigenvalue weighted by Crippen LogP contribution is -2.30. The Kier molecular flexibility index (Phi) is 7.39. The van der Waals surface area contributed by atoms with Gasteiger partial charge in [-0.25, -0.2) is 0 Å². The normalized spacial score (nSPS) is 30.9. The highest BCUT2D eigenvalue weighted by atomic mass is 16.5. The van der Waals surface area contributed by atoms with Crippen molar-refractivity contribution in [2.75, 3.05) is 6.61 Å². The smallest absolute Gasteiger partial charge is 0.309 e. The minimum absolute atomic E-state index is 0.0521. The molecule has 3 aliphatic rings. The van der Waals surface area contributed by atoms with Gasteiger partial charge in [-0.3, -0.25) is 4.79 Å². The van der Waals surface area contributed by atoms with E-state index in [1.165, 1.54) is 61.3 Å². The molecule has 2 aromatic carbocycles. The Hall–Kier alpha value is -2.03. The summed E-state index contributed by atoms with van der Waals surface area (Å²) in [5.41, 5.74) is 1.83. The minimum atomic E-state index is 0.0521. The summed E-state index contributed by atoms with van der Waals surface area (Å²) in [4.78, 5) is 12.2. The van der Waals surface area contributed by atoms with Crippen molar-refractivity contribution in [3.63, 3.8) is 0 Å². The molecule has 5 rings (SSSR count). The Balaban J connectivity index is 1.15. The monoisotopic (exact) mass is 490 g/mol. The summed E-state index contributed by atoms with van der Waals surface area (Å²) in [5.74, 6) is 4.59. The molecule has 0 saturated heterocycles. The van der Waals surface area contributed by atoms with Gasteiger partial charge < -0.3 is 9.47 Å². The molecule has 196 valence electrons. The van der Waals surface area contributed by atoms with Gasteiger partial charge in [-0.05, 0) is 122 Å². The van der Waals surface area contributed by atoms with Crippen molar-refractivity contribution in [1.82, 2.24) is 0 Å². The molecular weight excluding hydrogens is 444 g/mol. The molecule has 3 heteroatoms. The average molecular weight is 491 g/mol. The van der Waals surface area contributed by atoms with Gasteiger partial charge in [0, 0.05) is 0 Å². The van der Waals surface area contributed by atoms with E-state index in [0.717, 1.165) is 18.1 Å². The maximum Gasteiger partial charge on any atom is 0.309 e. The van der Waals surface area contributed by atoms with Crippen LogP contribution in [0.4, 0.5) is 0 Å². The first kappa shape index (κ1) is 25.6. The maximum absolute atomic E-state index is 12.2. The Morgan fingerprint density at radius 3 is 2.39 bits per heavy atom. The molecule has 0 amide bonds. The van der Waals surface area contributed by atoms with Crippen molar-refractivity contribution in [2.45, 2.75) is 92.1 Å². The van der Waals surface area contributed by atoms with E-state index in [9.17, 15) is 4.79 Å². The summed E-state index contributed by atoms with van der Waals surface area (Å²) >= 11 is 0. The van der Waals surface area contributed by atoms with Crippen LogP contribution in [-0.4, -0.2) is 18.7 Å². The van der Waals surface area contributed by atoms with Crippen molar-refractivity contribution in [1.29, 1.82) is 0 Å². The highest BCUT2D eigenvalue weighted by Gasteiger charge is 2.57. The lowest BCUT2D eigenvalue weighted by atomic mass is 9.72. The summed E-state index contributed by atoms with van der Waals surface area (Å²) < 4.78 is 11.7. The Labute approximate surface area is 218 Å². The van der Waals surface area contributed by atoms with Gasteiger partial charge >= 0.3 is 5.97 Å². The van der Waals surface area contributed by atoms with Crippen LogP contribution in [0.5, 0.6) is 5.75 Å². The SMILES string of the molecule is CCOC(=O)C1C2CCC(C(C)Cc3ccc4cc(OC5CCC(C(C)(C)C)CC5)ccc4c3)CC21. The number of carbonyl (C=O) groups is 1. The molecule has 0 aromatic heterocycles. The molecule has 0 N–H and O–H groups in total. The molecule has 3 saturated carbocycles. The van der Waals surface area contributed by atoms with E-state index >= 15 is 0 Å². The summed E-state index contributed by atoms with van der Waals surface area (Å²) in [7, 11) is 0. The van der Waals surface area contributed by atoms with Crippen LogP contribution in [0.2, 0.25) is 0 Å². The number of hydrogen-bond acceptors (Lipinski definition) is 3. The van der Waals surface area contributed by atoms with Crippen LogP contribution in [-0.2, 0) is 16.0 Å². The van der Waals surface area contributed by atoms with Crippen LogP contribution in [0.3, 0.4) is 0 Å². The first-order chi connectivity index (χ1) is 17.2. The number of fused-ring (bicyclic) bond motifs is 2. The molecule has 0 bridgehead atoms. The third kappa shape index (κ3) is 5.60. The third-order valence-corrected chi connectivity index (χ3v) is 9.78. The molecule has 5 unspecified atom stereocenters. The molecular formula is C33H46O3. The number of carbonyl (C=O) groups excluding carboxylic acids is 1. The van der Waals surface area contributed by atoms with E-state index in [-0.39, 0.29) is 11.9 Å². The second kappa shape index (κ2) is 10.4. The standard InChI is InChI=1S/C33H46O3/c1-6-35-32(34)31-29-16-10-23(20-30(29)31)21(2)17-22-7-8-25-19-28(13-9-24(25)18-22)36-27-14-11-26(12-15-27)33(3,4)5/h7-9,13,18-19,21,23,26-27,29-31H,6,10-12,14-17,20H2,1-5H3. The predicted octanol–water partition coefficient (Wildman–Crippen LogP) is 8.23. The van der Waals surface area contributed by atoms with Crippen molar-refractivity contribution < 1.29 is 14.3 Å². The molecule has 0 heterocycles. The number of esters is 1. The van der Waals surface area contributed by atoms with Crippen LogP contribution in [0.25, 0.3) is 10.8 Å². The van der Waals surface area contributed by atoms with E-state index in [1.54, 1.807) is 0 Å². The van der Waals surface area contributed by atoms with Crippen LogP contribution >= 0.6 is 0 Å². The molecule has 0 radical (unpaired) electrons. The van der Waals surface area contributed by atoms with Gasteiger partial charge in [-0.1, -0.05) is 52.0 Å². The molecule has 0 aliphatic heterocycles. The number of benzene rings is 2. The minimum Gasteiger partial charge on any atom is -0.490 e. The van der Waals surface area contributed by atoms with Gasteiger partial charge in [0.1, 0.15) is 5.75 Å². The van der Waals surface area contributed by atoms with Gasteiger partial charge in [-0.2, -0.15) is 0 Å². The third-order valence-electron chi connectivity index (χ3n) is 9.78.